The minimum absolute atomic E-state index is 0.239. The lowest BCUT2D eigenvalue weighted by molar-refractivity contribution is -0.138. The molecule has 1 atom stereocenters. The number of carboxylic acid groups (broad SMARTS) is 1. The third-order valence-electron chi connectivity index (χ3n) is 3.49. The van der Waals surface area contributed by atoms with Gasteiger partial charge in [-0.3, -0.25) is 9.59 Å². The molecule has 0 aromatic heterocycles. The molecule has 0 radical (unpaired) electrons. The van der Waals surface area contributed by atoms with Crippen LogP contribution in [0.5, 0.6) is 0 Å². The quantitative estimate of drug-likeness (QED) is 0.408. The van der Waals surface area contributed by atoms with Crippen LogP contribution in [-0.4, -0.2) is 52.6 Å². The smallest absolute Gasteiger partial charge is 0.305 e. The van der Waals surface area contributed by atoms with Crippen LogP contribution in [0.3, 0.4) is 0 Å². The second kappa shape index (κ2) is 9.43. The fraction of sp³-hybridized carbons (Fsp3) is 0.375. The summed E-state index contributed by atoms with van der Waals surface area (Å²) in [6.45, 7) is 3.74. The highest BCUT2D eigenvalue weighted by Crippen LogP contribution is 2.22. The minimum atomic E-state index is -1.02. The summed E-state index contributed by atoms with van der Waals surface area (Å²) in [5, 5.41) is 18.8. The number of hydrogen-bond acceptors (Lipinski definition) is 6. The predicted octanol–water partition coefficient (Wildman–Crippen LogP) is 2.15. The summed E-state index contributed by atoms with van der Waals surface area (Å²) in [6.07, 6.45) is 1.34. The molecule has 2 rings (SSSR count). The van der Waals surface area contributed by atoms with Gasteiger partial charge in [0.25, 0.3) is 0 Å². The van der Waals surface area contributed by atoms with E-state index in [0.29, 0.717) is 11.0 Å². The summed E-state index contributed by atoms with van der Waals surface area (Å²) < 4.78 is 0. The number of thioether (sulfide) groups is 1. The lowest BCUT2D eigenvalue weighted by atomic mass is 10.2. The molecule has 0 saturated carbocycles. The minimum Gasteiger partial charge on any atom is -0.481 e. The molecule has 9 heteroatoms. The Kier molecular flexibility index (Phi) is 7.27. The van der Waals surface area contributed by atoms with Gasteiger partial charge in [-0.05, 0) is 24.6 Å². The van der Waals surface area contributed by atoms with Crippen molar-refractivity contribution in [1.29, 1.82) is 0 Å². The van der Waals surface area contributed by atoms with Crippen LogP contribution >= 0.6 is 23.4 Å². The molecule has 1 amide bonds. The standard InChI is InChI=1S/C16H19ClN4O3S/c1-2-21(8-7-17)12-5-3-11(4-6-12)10-18-20-16-19-15(24)13(25-16)9-14(22)23/h3-6,10,13H,2,7-9H2,1H3,(H,22,23)(H,19,20,24). The molecule has 0 spiro atoms. The maximum Gasteiger partial charge on any atom is 0.305 e. The first-order chi connectivity index (χ1) is 12.0. The van der Waals surface area contributed by atoms with Gasteiger partial charge in [0.15, 0.2) is 5.17 Å². The molecule has 1 heterocycles. The van der Waals surface area contributed by atoms with Gasteiger partial charge >= 0.3 is 5.97 Å². The van der Waals surface area contributed by atoms with E-state index in [1.54, 1.807) is 6.21 Å². The Morgan fingerprint density at radius 3 is 2.76 bits per heavy atom. The Morgan fingerprint density at radius 2 is 2.16 bits per heavy atom. The topological polar surface area (TPSA) is 94.4 Å². The van der Waals surface area contributed by atoms with Crippen molar-refractivity contribution < 1.29 is 14.7 Å². The molecule has 1 aliphatic rings. The van der Waals surface area contributed by atoms with E-state index in [1.165, 1.54) is 0 Å². The summed E-state index contributed by atoms with van der Waals surface area (Å²) >= 11 is 6.87. The number of carboxylic acids is 1. The van der Waals surface area contributed by atoms with Crippen molar-refractivity contribution in [2.24, 2.45) is 10.2 Å². The normalized spacial score (nSPS) is 18.7. The van der Waals surface area contributed by atoms with E-state index in [0.717, 1.165) is 36.1 Å². The molecule has 1 aromatic carbocycles. The van der Waals surface area contributed by atoms with Crippen LogP contribution in [0.15, 0.2) is 34.5 Å². The Balaban J connectivity index is 1.96. The first-order valence-electron chi connectivity index (χ1n) is 7.74. The van der Waals surface area contributed by atoms with E-state index in [9.17, 15) is 9.59 Å². The predicted molar refractivity (Wildman–Crippen MR) is 102 cm³/mol. The van der Waals surface area contributed by atoms with Crippen molar-refractivity contribution in [1.82, 2.24) is 5.32 Å². The molecule has 25 heavy (non-hydrogen) atoms. The molecule has 134 valence electrons. The summed E-state index contributed by atoms with van der Waals surface area (Å²) in [5.74, 6) is -0.807. The monoisotopic (exact) mass is 382 g/mol. The van der Waals surface area contributed by atoms with E-state index in [4.69, 9.17) is 16.7 Å². The zero-order valence-electron chi connectivity index (χ0n) is 13.7. The first kappa shape index (κ1) is 19.3. The van der Waals surface area contributed by atoms with Crippen molar-refractivity contribution in [3.63, 3.8) is 0 Å². The number of nitrogens with zero attached hydrogens (tertiary/aromatic N) is 3. The molecule has 0 bridgehead atoms. The van der Waals surface area contributed by atoms with Gasteiger partial charge in [-0.1, -0.05) is 23.9 Å². The highest BCUT2D eigenvalue weighted by Gasteiger charge is 2.32. The molecule has 2 N–H and O–H groups in total. The van der Waals surface area contributed by atoms with E-state index in [-0.39, 0.29) is 12.3 Å². The molecule has 1 aliphatic heterocycles. The van der Waals surface area contributed by atoms with Gasteiger partial charge in [-0.2, -0.15) is 5.10 Å². The van der Waals surface area contributed by atoms with Crippen molar-refractivity contribution in [2.45, 2.75) is 18.6 Å². The maximum atomic E-state index is 11.6. The maximum absolute atomic E-state index is 11.6. The number of rotatable bonds is 8. The molecule has 7 nitrogen and oxygen atoms in total. The van der Waals surface area contributed by atoms with Crippen molar-refractivity contribution in [2.75, 3.05) is 23.9 Å². The van der Waals surface area contributed by atoms with Gasteiger partial charge in [-0.25, -0.2) is 0 Å². The number of hydrogen-bond donors (Lipinski definition) is 2. The van der Waals surface area contributed by atoms with E-state index in [1.807, 2.05) is 24.3 Å². The highest BCUT2D eigenvalue weighted by atomic mass is 35.5. The van der Waals surface area contributed by atoms with Crippen molar-refractivity contribution in [3.05, 3.63) is 29.8 Å². The molecule has 1 unspecified atom stereocenters. The second-order valence-electron chi connectivity index (χ2n) is 5.20. The number of amides is 1. The van der Waals surface area contributed by atoms with Gasteiger partial charge in [-0.15, -0.1) is 16.7 Å². The lowest BCUT2D eigenvalue weighted by Gasteiger charge is -2.21. The van der Waals surface area contributed by atoms with Crippen molar-refractivity contribution in [3.8, 4) is 0 Å². The molecular weight excluding hydrogens is 364 g/mol. The van der Waals surface area contributed by atoms with Crippen LogP contribution < -0.4 is 10.2 Å². The van der Waals surface area contributed by atoms with Crippen molar-refractivity contribution >= 4 is 52.3 Å². The lowest BCUT2D eigenvalue weighted by Crippen LogP contribution is -2.26. The number of anilines is 1. The van der Waals surface area contributed by atoms with Gasteiger partial charge in [0.05, 0.1) is 12.6 Å². The Labute approximate surface area is 155 Å². The van der Waals surface area contributed by atoms with Crippen LogP contribution in [0.4, 0.5) is 5.69 Å². The largest absolute Gasteiger partial charge is 0.481 e. The average Bonchev–Trinajstić information content (AvgIpc) is 2.92. The fourth-order valence-corrected chi connectivity index (χ4v) is 3.36. The van der Waals surface area contributed by atoms with Gasteiger partial charge < -0.3 is 15.3 Å². The summed E-state index contributed by atoms with van der Waals surface area (Å²) in [7, 11) is 0. The van der Waals surface area contributed by atoms with Crippen LogP contribution in [0.2, 0.25) is 0 Å². The van der Waals surface area contributed by atoms with E-state index in [2.05, 4.69) is 27.3 Å². The number of aliphatic carboxylic acids is 1. The van der Waals surface area contributed by atoms with Crippen LogP contribution in [-0.2, 0) is 9.59 Å². The first-order valence-corrected chi connectivity index (χ1v) is 9.16. The number of carbonyl (C=O) groups excluding carboxylic acids is 1. The molecule has 0 aliphatic carbocycles. The summed E-state index contributed by atoms with van der Waals surface area (Å²) in [5.41, 5.74) is 1.95. The highest BCUT2D eigenvalue weighted by molar-refractivity contribution is 8.15. The van der Waals surface area contributed by atoms with Crippen LogP contribution in [0.1, 0.15) is 18.9 Å². The number of amidine groups is 1. The van der Waals surface area contributed by atoms with E-state index < -0.39 is 11.2 Å². The summed E-state index contributed by atoms with van der Waals surface area (Å²) in [6, 6.07) is 7.81. The molecule has 1 saturated heterocycles. The average molecular weight is 383 g/mol. The molecule has 1 fully saturated rings. The fourth-order valence-electron chi connectivity index (χ4n) is 2.24. The third kappa shape index (κ3) is 5.75. The number of benzene rings is 1. The Morgan fingerprint density at radius 1 is 1.44 bits per heavy atom. The third-order valence-corrected chi connectivity index (χ3v) is 4.73. The second-order valence-corrected chi connectivity index (χ2v) is 6.77. The number of carbonyl (C=O) groups is 2. The van der Waals surface area contributed by atoms with Crippen LogP contribution in [0.25, 0.3) is 0 Å². The Hall–Kier alpha value is -2.06. The number of nitrogens with one attached hydrogen (secondary N) is 1. The molecule has 1 aromatic rings. The van der Waals surface area contributed by atoms with E-state index >= 15 is 0 Å². The van der Waals surface area contributed by atoms with Crippen LogP contribution in [0, 0.1) is 0 Å². The Bertz CT molecular complexity index is 678. The molecular formula is C16H19ClN4O3S. The van der Waals surface area contributed by atoms with Gasteiger partial charge in [0, 0.05) is 24.7 Å². The zero-order valence-corrected chi connectivity index (χ0v) is 15.3. The van der Waals surface area contributed by atoms with Gasteiger partial charge in [0.2, 0.25) is 5.91 Å². The summed E-state index contributed by atoms with van der Waals surface area (Å²) in [4.78, 5) is 24.4. The SMILES string of the molecule is CCN(CCCl)c1ccc(C=NN=C2NC(=O)C(CC(=O)O)S2)cc1. The van der Waals surface area contributed by atoms with Gasteiger partial charge in [0.1, 0.15) is 5.25 Å². The zero-order chi connectivity index (χ0) is 18.2. The number of halogens is 1. The number of alkyl halides is 1.